The summed E-state index contributed by atoms with van der Waals surface area (Å²) in [6.45, 7) is 4.15. The molecule has 0 fully saturated rings. The first-order valence-electron chi connectivity index (χ1n) is 8.97. The zero-order valence-electron chi connectivity index (χ0n) is 15.7. The van der Waals surface area contributed by atoms with Gasteiger partial charge in [0.25, 0.3) is 5.91 Å². The van der Waals surface area contributed by atoms with Crippen LogP contribution < -0.4 is 14.9 Å². The van der Waals surface area contributed by atoms with Crippen LogP contribution in [-0.2, 0) is 4.79 Å². The van der Waals surface area contributed by atoms with Gasteiger partial charge >= 0.3 is 0 Å². The number of nitrogens with one attached hydrogen (secondary N) is 1. The fourth-order valence-electron chi connectivity index (χ4n) is 2.66. The van der Waals surface area contributed by atoms with E-state index >= 15 is 0 Å². The molecule has 1 amide bonds. The zero-order chi connectivity index (χ0) is 19.9. The summed E-state index contributed by atoms with van der Waals surface area (Å²) in [5.41, 5.74) is 3.28. The Labute approximate surface area is 172 Å². The van der Waals surface area contributed by atoms with E-state index in [9.17, 15) is 4.79 Å². The van der Waals surface area contributed by atoms with Gasteiger partial charge in [0.1, 0.15) is 11.5 Å². The van der Waals surface area contributed by atoms with E-state index in [2.05, 4.69) is 26.5 Å². The maximum absolute atomic E-state index is 12.3. The van der Waals surface area contributed by atoms with Crippen LogP contribution in [0.1, 0.15) is 19.4 Å². The smallest absolute Gasteiger partial charge is 0.280 e. The number of fused-ring (bicyclic) bond motifs is 1. The van der Waals surface area contributed by atoms with E-state index in [4.69, 9.17) is 9.47 Å². The van der Waals surface area contributed by atoms with Crippen LogP contribution >= 0.6 is 15.9 Å². The third kappa shape index (κ3) is 5.10. The molecule has 3 aromatic carbocycles. The number of rotatable bonds is 7. The molecule has 3 rings (SSSR count). The van der Waals surface area contributed by atoms with Crippen LogP contribution in [0.4, 0.5) is 0 Å². The van der Waals surface area contributed by atoms with Crippen molar-refractivity contribution in [1.82, 2.24) is 5.43 Å². The van der Waals surface area contributed by atoms with Gasteiger partial charge in [0, 0.05) is 10.0 Å². The van der Waals surface area contributed by atoms with Gasteiger partial charge in [-0.15, -0.1) is 0 Å². The summed E-state index contributed by atoms with van der Waals surface area (Å²) in [6.07, 6.45) is 0.864. The van der Waals surface area contributed by atoms with Crippen molar-refractivity contribution in [1.29, 1.82) is 0 Å². The summed E-state index contributed by atoms with van der Waals surface area (Å²) in [4.78, 5) is 12.3. The molecule has 0 radical (unpaired) electrons. The van der Waals surface area contributed by atoms with E-state index in [0.29, 0.717) is 18.1 Å². The highest BCUT2D eigenvalue weighted by molar-refractivity contribution is 9.10. The van der Waals surface area contributed by atoms with Crippen LogP contribution in [0, 0.1) is 0 Å². The average molecular weight is 441 g/mol. The van der Waals surface area contributed by atoms with Gasteiger partial charge in [-0.1, -0.05) is 46.3 Å². The monoisotopic (exact) mass is 440 g/mol. The molecule has 0 bridgehead atoms. The highest BCUT2D eigenvalue weighted by atomic mass is 79.9. The van der Waals surface area contributed by atoms with Crippen molar-refractivity contribution in [3.8, 4) is 11.5 Å². The molecule has 0 unspecified atom stereocenters. The topological polar surface area (TPSA) is 59.9 Å². The highest BCUT2D eigenvalue weighted by Crippen LogP contribution is 2.22. The summed E-state index contributed by atoms with van der Waals surface area (Å²) < 4.78 is 12.2. The summed E-state index contributed by atoms with van der Waals surface area (Å²) in [7, 11) is 0. The molecule has 0 aliphatic heterocycles. The molecule has 3 aromatic rings. The summed E-state index contributed by atoms with van der Waals surface area (Å²) in [6, 6.07) is 19.3. The average Bonchev–Trinajstić information content (AvgIpc) is 2.70. The number of carbonyl (C=O) groups excluding carboxylic acids is 1. The third-order valence-electron chi connectivity index (χ3n) is 4.05. The fraction of sp³-hybridized carbons (Fsp3) is 0.182. The lowest BCUT2D eigenvalue weighted by atomic mass is 10.1. The molecular weight excluding hydrogens is 420 g/mol. The number of amides is 1. The minimum Gasteiger partial charge on any atom is -0.493 e. The maximum Gasteiger partial charge on any atom is 0.280 e. The maximum atomic E-state index is 12.3. The van der Waals surface area contributed by atoms with Gasteiger partial charge in [0.15, 0.2) is 6.10 Å². The SMILES string of the molecule is CCOc1ccc(Br)cc1/C=N\NC(=O)[C@@H](C)Oc1ccc2ccccc2c1. The molecule has 0 aliphatic rings. The van der Waals surface area contributed by atoms with Gasteiger partial charge in [-0.2, -0.15) is 5.10 Å². The highest BCUT2D eigenvalue weighted by Gasteiger charge is 2.14. The number of nitrogens with zero attached hydrogens (tertiary/aromatic N) is 1. The Balaban J connectivity index is 1.62. The van der Waals surface area contributed by atoms with Crippen LogP contribution in [0.2, 0.25) is 0 Å². The predicted octanol–water partition coefficient (Wildman–Crippen LogP) is 4.92. The first-order valence-corrected chi connectivity index (χ1v) is 9.77. The van der Waals surface area contributed by atoms with E-state index < -0.39 is 6.10 Å². The lowest BCUT2D eigenvalue weighted by molar-refractivity contribution is -0.127. The van der Waals surface area contributed by atoms with E-state index in [1.54, 1.807) is 13.1 Å². The second kappa shape index (κ2) is 9.37. The van der Waals surface area contributed by atoms with Crippen molar-refractivity contribution in [3.05, 3.63) is 70.7 Å². The molecule has 1 atom stereocenters. The number of benzene rings is 3. The van der Waals surface area contributed by atoms with Gasteiger partial charge in [0.2, 0.25) is 0 Å². The largest absolute Gasteiger partial charge is 0.493 e. The molecule has 0 aliphatic carbocycles. The Morgan fingerprint density at radius 1 is 1.14 bits per heavy atom. The van der Waals surface area contributed by atoms with Crippen LogP contribution in [0.15, 0.2) is 70.2 Å². The molecule has 0 saturated carbocycles. The van der Waals surface area contributed by atoms with Gasteiger partial charge in [-0.05, 0) is 55.0 Å². The molecule has 0 spiro atoms. The summed E-state index contributed by atoms with van der Waals surface area (Å²) in [5.74, 6) is 0.998. The Kier molecular flexibility index (Phi) is 6.66. The van der Waals surface area contributed by atoms with Crippen molar-refractivity contribution >= 4 is 38.8 Å². The number of hydrogen-bond acceptors (Lipinski definition) is 4. The minimum absolute atomic E-state index is 0.336. The van der Waals surface area contributed by atoms with Crippen LogP contribution in [0.25, 0.3) is 10.8 Å². The van der Waals surface area contributed by atoms with Crippen molar-refractivity contribution in [2.24, 2.45) is 5.10 Å². The third-order valence-corrected chi connectivity index (χ3v) is 4.55. The Bertz CT molecular complexity index is 1000. The van der Waals surface area contributed by atoms with Crippen molar-refractivity contribution in [2.75, 3.05) is 6.61 Å². The van der Waals surface area contributed by atoms with Gasteiger partial charge in [0.05, 0.1) is 12.8 Å². The number of hydrazone groups is 1. The Morgan fingerprint density at radius 2 is 1.93 bits per heavy atom. The van der Waals surface area contributed by atoms with Crippen molar-refractivity contribution < 1.29 is 14.3 Å². The second-order valence-electron chi connectivity index (χ2n) is 6.12. The zero-order valence-corrected chi connectivity index (χ0v) is 17.3. The normalized spacial score (nSPS) is 12.1. The predicted molar refractivity (Wildman–Crippen MR) is 115 cm³/mol. The number of hydrogen-bond donors (Lipinski definition) is 1. The molecule has 0 aromatic heterocycles. The van der Waals surface area contributed by atoms with Crippen molar-refractivity contribution in [2.45, 2.75) is 20.0 Å². The van der Waals surface area contributed by atoms with Crippen molar-refractivity contribution in [3.63, 3.8) is 0 Å². The standard InChI is InChI=1S/C22H21BrN2O3/c1-3-27-21-11-9-19(23)12-18(21)14-24-25-22(26)15(2)28-20-10-8-16-6-4-5-7-17(16)13-20/h4-15H,3H2,1-2H3,(H,25,26)/b24-14-/t15-/m1/s1. The lowest BCUT2D eigenvalue weighted by Gasteiger charge is -2.13. The molecule has 0 saturated heterocycles. The van der Waals surface area contributed by atoms with Gasteiger partial charge in [-0.25, -0.2) is 5.43 Å². The van der Waals surface area contributed by atoms with E-state index in [0.717, 1.165) is 20.8 Å². The Hall–Kier alpha value is -2.86. The van der Waals surface area contributed by atoms with Crippen LogP contribution in [0.3, 0.4) is 0 Å². The minimum atomic E-state index is -0.688. The molecule has 6 heteroatoms. The molecule has 1 N–H and O–H groups in total. The van der Waals surface area contributed by atoms with E-state index in [1.165, 1.54) is 0 Å². The fourth-order valence-corrected chi connectivity index (χ4v) is 3.04. The molecular formula is C22H21BrN2O3. The van der Waals surface area contributed by atoms with Crippen LogP contribution in [0.5, 0.6) is 11.5 Å². The number of halogens is 1. The lowest BCUT2D eigenvalue weighted by Crippen LogP contribution is -2.33. The van der Waals surface area contributed by atoms with E-state index in [1.807, 2.05) is 67.6 Å². The Morgan fingerprint density at radius 3 is 2.71 bits per heavy atom. The van der Waals surface area contributed by atoms with E-state index in [-0.39, 0.29) is 5.91 Å². The number of ether oxygens (including phenoxy) is 2. The van der Waals surface area contributed by atoms with Crippen LogP contribution in [-0.4, -0.2) is 24.8 Å². The second-order valence-corrected chi connectivity index (χ2v) is 7.03. The molecule has 28 heavy (non-hydrogen) atoms. The molecule has 5 nitrogen and oxygen atoms in total. The first kappa shape index (κ1) is 19.9. The molecule has 144 valence electrons. The van der Waals surface area contributed by atoms with Gasteiger partial charge in [-0.3, -0.25) is 4.79 Å². The summed E-state index contributed by atoms with van der Waals surface area (Å²) >= 11 is 3.42. The van der Waals surface area contributed by atoms with Gasteiger partial charge < -0.3 is 9.47 Å². The molecule has 0 heterocycles. The quantitative estimate of drug-likeness (QED) is 0.418. The first-order chi connectivity index (χ1) is 13.6. The summed E-state index contributed by atoms with van der Waals surface area (Å²) in [5, 5.41) is 6.21. The number of carbonyl (C=O) groups is 1.